The van der Waals surface area contributed by atoms with Crippen molar-refractivity contribution >= 4 is 28.7 Å². The Bertz CT molecular complexity index is 783. The third-order valence-electron chi connectivity index (χ3n) is 4.29. The summed E-state index contributed by atoms with van der Waals surface area (Å²) in [5.74, 6) is -0.408. The van der Waals surface area contributed by atoms with Crippen molar-refractivity contribution in [3.8, 4) is 0 Å². The lowest BCUT2D eigenvalue weighted by Crippen LogP contribution is -2.34. The van der Waals surface area contributed by atoms with E-state index in [4.69, 9.17) is 0 Å². The Morgan fingerprint density at radius 2 is 2.04 bits per heavy atom. The van der Waals surface area contributed by atoms with E-state index in [9.17, 15) is 14.4 Å². The Balaban J connectivity index is 1.49. The molecule has 0 spiro atoms. The molecular formula is C17H20N4O3. The number of hydrogen-bond acceptors (Lipinski definition) is 3. The van der Waals surface area contributed by atoms with Gasteiger partial charge >= 0.3 is 6.03 Å². The third-order valence-corrected chi connectivity index (χ3v) is 4.29. The number of imide groups is 1. The lowest BCUT2D eigenvalue weighted by Gasteiger charge is -2.18. The van der Waals surface area contributed by atoms with Crippen LogP contribution in [0.4, 0.5) is 4.79 Å². The van der Waals surface area contributed by atoms with E-state index in [2.05, 4.69) is 33.4 Å². The Morgan fingerprint density at radius 1 is 1.25 bits per heavy atom. The summed E-state index contributed by atoms with van der Waals surface area (Å²) < 4.78 is 2.11. The van der Waals surface area contributed by atoms with Crippen molar-refractivity contribution < 1.29 is 14.4 Å². The van der Waals surface area contributed by atoms with Gasteiger partial charge in [-0.1, -0.05) is 18.2 Å². The van der Waals surface area contributed by atoms with Gasteiger partial charge in [0.15, 0.2) is 0 Å². The van der Waals surface area contributed by atoms with Crippen molar-refractivity contribution in [2.75, 3.05) is 13.6 Å². The molecule has 1 saturated heterocycles. The first-order valence-electron chi connectivity index (χ1n) is 7.94. The molecular weight excluding hydrogens is 308 g/mol. The normalized spacial score (nSPS) is 17.0. The van der Waals surface area contributed by atoms with Gasteiger partial charge in [0, 0.05) is 38.3 Å². The molecule has 2 heterocycles. The van der Waals surface area contributed by atoms with Gasteiger partial charge in [0.1, 0.15) is 6.04 Å². The molecule has 126 valence electrons. The van der Waals surface area contributed by atoms with Gasteiger partial charge in [-0.15, -0.1) is 0 Å². The molecule has 2 aromatic rings. The molecule has 0 saturated carbocycles. The van der Waals surface area contributed by atoms with E-state index in [1.807, 2.05) is 18.3 Å². The van der Waals surface area contributed by atoms with E-state index in [0.29, 0.717) is 19.5 Å². The predicted molar refractivity (Wildman–Crippen MR) is 89.3 cm³/mol. The molecule has 1 aliphatic rings. The van der Waals surface area contributed by atoms with Crippen molar-refractivity contribution in [3.05, 3.63) is 36.5 Å². The summed E-state index contributed by atoms with van der Waals surface area (Å²) in [5.41, 5.74) is 1.14. The zero-order valence-electron chi connectivity index (χ0n) is 13.5. The summed E-state index contributed by atoms with van der Waals surface area (Å²) in [6, 6.07) is 9.06. The number of aromatic nitrogens is 1. The molecule has 4 amide bonds. The fourth-order valence-electron chi connectivity index (χ4n) is 2.84. The van der Waals surface area contributed by atoms with Gasteiger partial charge in [-0.2, -0.15) is 0 Å². The number of fused-ring (bicyclic) bond motifs is 1. The van der Waals surface area contributed by atoms with Gasteiger partial charge in [0.05, 0.1) is 0 Å². The topological polar surface area (TPSA) is 83.4 Å². The summed E-state index contributed by atoms with van der Waals surface area (Å²) in [4.78, 5) is 36.3. The van der Waals surface area contributed by atoms with E-state index < -0.39 is 12.1 Å². The minimum atomic E-state index is -0.608. The average molecular weight is 328 g/mol. The highest BCUT2D eigenvalue weighted by atomic mass is 16.2. The summed E-state index contributed by atoms with van der Waals surface area (Å²) in [5, 5.41) is 5.84. The Morgan fingerprint density at radius 3 is 2.79 bits per heavy atom. The maximum Gasteiger partial charge on any atom is 0.322 e. The molecule has 0 radical (unpaired) electrons. The van der Waals surface area contributed by atoms with Crippen molar-refractivity contribution in [1.29, 1.82) is 0 Å². The first-order chi connectivity index (χ1) is 11.5. The number of benzene rings is 1. The molecule has 1 aromatic carbocycles. The van der Waals surface area contributed by atoms with E-state index >= 15 is 0 Å². The second kappa shape index (κ2) is 6.74. The van der Waals surface area contributed by atoms with Crippen LogP contribution in [0, 0.1) is 0 Å². The zero-order chi connectivity index (χ0) is 17.1. The minimum absolute atomic E-state index is 0.0413. The van der Waals surface area contributed by atoms with E-state index in [-0.39, 0.29) is 18.2 Å². The van der Waals surface area contributed by atoms with Crippen LogP contribution in [0.1, 0.15) is 12.8 Å². The molecule has 1 unspecified atom stereocenters. The largest absolute Gasteiger partial charge is 0.346 e. The van der Waals surface area contributed by atoms with Gasteiger partial charge in [-0.05, 0) is 23.9 Å². The standard InChI is InChI=1S/C17H20N4O3/c1-20(15(22)7-6-13-16(23)19-17(24)18-13)10-11-21-9-8-12-4-2-3-5-14(12)21/h2-5,8-9,13H,6-7,10-11H2,1H3,(H2,18,19,23,24). The fourth-order valence-corrected chi connectivity index (χ4v) is 2.84. The molecule has 0 aliphatic carbocycles. The maximum absolute atomic E-state index is 12.2. The van der Waals surface area contributed by atoms with Crippen LogP contribution in [-0.4, -0.2) is 46.9 Å². The quantitative estimate of drug-likeness (QED) is 0.779. The van der Waals surface area contributed by atoms with Crippen LogP contribution >= 0.6 is 0 Å². The molecule has 2 N–H and O–H groups in total. The number of rotatable bonds is 6. The highest BCUT2D eigenvalue weighted by Crippen LogP contribution is 2.15. The van der Waals surface area contributed by atoms with Crippen molar-refractivity contribution in [1.82, 2.24) is 20.1 Å². The smallest absolute Gasteiger partial charge is 0.322 e. The second-order valence-corrected chi connectivity index (χ2v) is 5.94. The summed E-state index contributed by atoms with van der Waals surface area (Å²) in [6.45, 7) is 1.29. The SMILES string of the molecule is CN(CCn1ccc2ccccc21)C(=O)CCC1NC(=O)NC1=O. The van der Waals surface area contributed by atoms with E-state index in [0.717, 1.165) is 5.52 Å². The van der Waals surface area contributed by atoms with Crippen LogP contribution in [-0.2, 0) is 16.1 Å². The van der Waals surface area contributed by atoms with Crippen molar-refractivity contribution in [3.63, 3.8) is 0 Å². The molecule has 7 nitrogen and oxygen atoms in total. The number of hydrogen-bond donors (Lipinski definition) is 2. The highest BCUT2D eigenvalue weighted by Gasteiger charge is 2.29. The number of carbonyl (C=O) groups is 3. The zero-order valence-corrected chi connectivity index (χ0v) is 13.5. The van der Waals surface area contributed by atoms with E-state index in [1.165, 1.54) is 5.39 Å². The van der Waals surface area contributed by atoms with Crippen molar-refractivity contribution in [2.45, 2.75) is 25.4 Å². The van der Waals surface area contributed by atoms with Crippen LogP contribution in [0.25, 0.3) is 10.9 Å². The number of likely N-dealkylation sites (N-methyl/N-ethyl adjacent to an activating group) is 1. The Kier molecular flexibility index (Phi) is 4.50. The number of nitrogens with zero attached hydrogens (tertiary/aromatic N) is 2. The minimum Gasteiger partial charge on any atom is -0.346 e. The number of amides is 4. The molecule has 1 fully saturated rings. The molecule has 7 heteroatoms. The lowest BCUT2D eigenvalue weighted by atomic mass is 10.1. The number of nitrogens with one attached hydrogen (secondary N) is 2. The number of urea groups is 1. The van der Waals surface area contributed by atoms with Crippen molar-refractivity contribution in [2.24, 2.45) is 0 Å². The maximum atomic E-state index is 12.2. The Hall–Kier alpha value is -2.83. The highest BCUT2D eigenvalue weighted by molar-refractivity contribution is 6.04. The van der Waals surface area contributed by atoms with Gasteiger partial charge in [-0.3, -0.25) is 14.9 Å². The molecule has 1 aliphatic heterocycles. The lowest BCUT2D eigenvalue weighted by molar-refractivity contribution is -0.130. The summed E-state index contributed by atoms with van der Waals surface area (Å²) in [6.07, 6.45) is 2.55. The summed E-state index contributed by atoms with van der Waals surface area (Å²) in [7, 11) is 1.75. The van der Waals surface area contributed by atoms with Crippen LogP contribution in [0.3, 0.4) is 0 Å². The molecule has 1 atom stereocenters. The first-order valence-corrected chi connectivity index (χ1v) is 7.94. The Labute approximate surface area is 139 Å². The molecule has 0 bridgehead atoms. The van der Waals surface area contributed by atoms with Crippen LogP contribution in [0.15, 0.2) is 36.5 Å². The van der Waals surface area contributed by atoms with Crippen LogP contribution in [0.5, 0.6) is 0 Å². The monoisotopic (exact) mass is 328 g/mol. The first kappa shape index (κ1) is 16.0. The van der Waals surface area contributed by atoms with Gasteiger partial charge in [0.2, 0.25) is 5.91 Å². The van der Waals surface area contributed by atoms with Gasteiger partial charge in [-0.25, -0.2) is 4.79 Å². The fraction of sp³-hybridized carbons (Fsp3) is 0.353. The van der Waals surface area contributed by atoms with Crippen LogP contribution < -0.4 is 10.6 Å². The van der Waals surface area contributed by atoms with Gasteiger partial charge < -0.3 is 14.8 Å². The number of carbonyl (C=O) groups excluding carboxylic acids is 3. The van der Waals surface area contributed by atoms with Gasteiger partial charge in [0.25, 0.3) is 5.91 Å². The third kappa shape index (κ3) is 3.40. The molecule has 3 rings (SSSR count). The predicted octanol–water partition coefficient (Wildman–Crippen LogP) is 1.09. The molecule has 24 heavy (non-hydrogen) atoms. The van der Waals surface area contributed by atoms with Crippen LogP contribution in [0.2, 0.25) is 0 Å². The molecule has 1 aromatic heterocycles. The summed E-state index contributed by atoms with van der Waals surface area (Å²) >= 11 is 0. The average Bonchev–Trinajstić information content (AvgIpc) is 3.13. The second-order valence-electron chi connectivity index (χ2n) is 5.94. The van der Waals surface area contributed by atoms with E-state index in [1.54, 1.807) is 11.9 Å². The number of para-hydroxylation sites is 1.